The summed E-state index contributed by atoms with van der Waals surface area (Å²) in [4.78, 5) is 24.5. The first kappa shape index (κ1) is 22.7. The van der Waals surface area contributed by atoms with Crippen LogP contribution in [0.2, 0.25) is 10.0 Å². The first-order chi connectivity index (χ1) is 14.9. The van der Waals surface area contributed by atoms with E-state index in [-0.39, 0.29) is 31.4 Å². The van der Waals surface area contributed by atoms with E-state index in [1.807, 2.05) is 13.0 Å². The predicted molar refractivity (Wildman–Crippen MR) is 119 cm³/mol. The second-order valence-electron chi connectivity index (χ2n) is 6.81. The second kappa shape index (κ2) is 10.4. The van der Waals surface area contributed by atoms with Crippen molar-refractivity contribution in [2.24, 2.45) is 0 Å². The summed E-state index contributed by atoms with van der Waals surface area (Å²) in [5.41, 5.74) is 3.10. The molecule has 0 aliphatic heterocycles. The van der Waals surface area contributed by atoms with Crippen LogP contribution < -0.4 is 10.6 Å². The predicted octanol–water partition coefficient (Wildman–Crippen LogP) is 2.84. The number of carbonyl (C=O) groups excluding carboxylic acids is 2. The van der Waals surface area contributed by atoms with Gasteiger partial charge in [0.2, 0.25) is 5.91 Å². The minimum absolute atomic E-state index is 0.0359. The summed E-state index contributed by atoms with van der Waals surface area (Å²) >= 11 is 12.0. The molecule has 162 valence electrons. The second-order valence-corrected chi connectivity index (χ2v) is 7.63. The molecule has 2 aromatic carbocycles. The molecule has 0 aliphatic carbocycles. The van der Waals surface area contributed by atoms with Gasteiger partial charge in [-0.05, 0) is 42.8 Å². The zero-order chi connectivity index (χ0) is 22.4. The third kappa shape index (κ3) is 6.04. The van der Waals surface area contributed by atoms with E-state index in [4.69, 9.17) is 28.3 Å². The van der Waals surface area contributed by atoms with Crippen molar-refractivity contribution in [3.63, 3.8) is 0 Å². The number of aliphatic hydroxyl groups is 1. The molecule has 31 heavy (non-hydrogen) atoms. The van der Waals surface area contributed by atoms with E-state index in [0.717, 1.165) is 11.3 Å². The van der Waals surface area contributed by atoms with Gasteiger partial charge in [-0.3, -0.25) is 9.59 Å². The number of aliphatic hydroxyl groups excluding tert-OH is 1. The first-order valence-electron chi connectivity index (χ1n) is 9.49. The van der Waals surface area contributed by atoms with Crippen LogP contribution in [0.15, 0.2) is 42.5 Å². The monoisotopic (exact) mass is 461 g/mol. The van der Waals surface area contributed by atoms with E-state index in [9.17, 15) is 9.59 Å². The van der Waals surface area contributed by atoms with Crippen molar-refractivity contribution in [2.75, 3.05) is 18.5 Å². The van der Waals surface area contributed by atoms with Gasteiger partial charge in [-0.25, -0.2) is 4.68 Å². The van der Waals surface area contributed by atoms with E-state index < -0.39 is 0 Å². The lowest BCUT2D eigenvalue weighted by Gasteiger charge is -2.08. The molecular weight excluding hydrogens is 441 g/mol. The van der Waals surface area contributed by atoms with Crippen molar-refractivity contribution >= 4 is 40.7 Å². The molecule has 0 fully saturated rings. The lowest BCUT2D eigenvalue weighted by Crippen LogP contribution is -2.26. The highest BCUT2D eigenvalue weighted by atomic mass is 35.5. The van der Waals surface area contributed by atoms with Gasteiger partial charge < -0.3 is 15.7 Å². The molecule has 3 rings (SSSR count). The molecule has 0 atom stereocenters. The van der Waals surface area contributed by atoms with Crippen LogP contribution in [0.25, 0.3) is 0 Å². The quantitative estimate of drug-likeness (QED) is 0.477. The minimum Gasteiger partial charge on any atom is -0.395 e. The summed E-state index contributed by atoms with van der Waals surface area (Å²) < 4.78 is 1.69. The first-order valence-corrected chi connectivity index (χ1v) is 10.2. The number of anilines is 1. The van der Waals surface area contributed by atoms with Crippen LogP contribution in [-0.4, -0.2) is 45.1 Å². The average Bonchev–Trinajstić information content (AvgIpc) is 3.08. The highest BCUT2D eigenvalue weighted by Crippen LogP contribution is 2.23. The summed E-state index contributed by atoms with van der Waals surface area (Å²) in [6, 6.07) is 11.9. The number of amides is 2. The van der Waals surface area contributed by atoms with Crippen LogP contribution in [-0.2, 0) is 17.8 Å². The van der Waals surface area contributed by atoms with Crippen molar-refractivity contribution < 1.29 is 14.7 Å². The Morgan fingerprint density at radius 3 is 2.68 bits per heavy atom. The molecule has 3 N–H and O–H groups in total. The molecule has 0 spiro atoms. The van der Waals surface area contributed by atoms with E-state index >= 15 is 0 Å². The largest absolute Gasteiger partial charge is 0.395 e. The van der Waals surface area contributed by atoms with Crippen LogP contribution in [0, 0.1) is 6.92 Å². The number of hydrogen-bond donors (Lipinski definition) is 3. The maximum absolute atomic E-state index is 12.5. The highest BCUT2D eigenvalue weighted by Gasteiger charge is 2.14. The Morgan fingerprint density at radius 2 is 1.94 bits per heavy atom. The fourth-order valence-corrected chi connectivity index (χ4v) is 3.21. The Morgan fingerprint density at radius 1 is 1.13 bits per heavy atom. The molecule has 1 heterocycles. The van der Waals surface area contributed by atoms with Crippen LogP contribution in [0.3, 0.4) is 0 Å². The molecule has 8 nitrogen and oxygen atoms in total. The Bertz CT molecular complexity index is 1100. The standard InChI is InChI=1S/C21H21Cl2N5O3/c1-13-19(26-27-28(13)12-14-5-6-17(22)18(23)9-14)11-20(30)25-16-4-2-3-15(10-16)21(31)24-7-8-29/h2-6,9-10,29H,7-8,11-12H2,1H3,(H,24,31)(H,25,30). The molecular formula is C21H21Cl2N5O3. The number of benzene rings is 2. The lowest BCUT2D eigenvalue weighted by atomic mass is 10.1. The molecule has 0 bridgehead atoms. The summed E-state index contributed by atoms with van der Waals surface area (Å²) in [7, 11) is 0. The number of carbonyl (C=O) groups is 2. The molecule has 1 aromatic heterocycles. The molecule has 0 unspecified atom stereocenters. The number of halogens is 2. The van der Waals surface area contributed by atoms with Crippen LogP contribution in [0.5, 0.6) is 0 Å². The van der Waals surface area contributed by atoms with Crippen molar-refractivity contribution in [2.45, 2.75) is 19.9 Å². The Kier molecular flexibility index (Phi) is 7.62. The summed E-state index contributed by atoms with van der Waals surface area (Å²) in [6.07, 6.45) is 0.0359. The van der Waals surface area contributed by atoms with Gasteiger partial charge in [0.25, 0.3) is 5.91 Å². The molecule has 0 radical (unpaired) electrons. The molecule has 0 saturated carbocycles. The Balaban J connectivity index is 1.63. The van der Waals surface area contributed by atoms with Crippen LogP contribution in [0.4, 0.5) is 5.69 Å². The molecule has 0 saturated heterocycles. The van der Waals surface area contributed by atoms with Crippen LogP contribution >= 0.6 is 23.2 Å². The highest BCUT2D eigenvalue weighted by molar-refractivity contribution is 6.42. The molecule has 0 aliphatic rings. The van der Waals surface area contributed by atoms with Gasteiger partial charge in [-0.1, -0.05) is 40.5 Å². The van der Waals surface area contributed by atoms with Crippen molar-refractivity contribution in [1.29, 1.82) is 0 Å². The van der Waals surface area contributed by atoms with Crippen molar-refractivity contribution in [1.82, 2.24) is 20.3 Å². The Labute approximate surface area is 189 Å². The van der Waals surface area contributed by atoms with Gasteiger partial charge >= 0.3 is 0 Å². The van der Waals surface area contributed by atoms with Gasteiger partial charge in [0.15, 0.2) is 0 Å². The maximum Gasteiger partial charge on any atom is 0.251 e. The number of nitrogens with zero attached hydrogens (tertiary/aromatic N) is 3. The van der Waals surface area contributed by atoms with Crippen LogP contribution in [0.1, 0.15) is 27.3 Å². The number of hydrogen-bond acceptors (Lipinski definition) is 5. The fourth-order valence-electron chi connectivity index (χ4n) is 2.89. The van der Waals surface area contributed by atoms with Crippen molar-refractivity contribution in [3.05, 3.63) is 75.0 Å². The normalized spacial score (nSPS) is 10.7. The SMILES string of the molecule is Cc1c(CC(=O)Nc2cccc(C(=O)NCCO)c2)nnn1Cc1ccc(Cl)c(Cl)c1. The Hall–Kier alpha value is -2.94. The fraction of sp³-hybridized carbons (Fsp3) is 0.238. The summed E-state index contributed by atoms with van der Waals surface area (Å²) in [5, 5.41) is 23.3. The van der Waals surface area contributed by atoms with E-state index in [2.05, 4.69) is 20.9 Å². The zero-order valence-corrected chi connectivity index (χ0v) is 18.2. The maximum atomic E-state index is 12.5. The van der Waals surface area contributed by atoms with E-state index in [1.54, 1.807) is 41.1 Å². The van der Waals surface area contributed by atoms with Gasteiger partial charge in [-0.15, -0.1) is 5.10 Å². The number of aromatic nitrogens is 3. The number of rotatable bonds is 8. The molecule has 3 aromatic rings. The van der Waals surface area contributed by atoms with Gasteiger partial charge in [0.1, 0.15) is 0 Å². The third-order valence-electron chi connectivity index (χ3n) is 4.53. The zero-order valence-electron chi connectivity index (χ0n) is 16.7. The van der Waals surface area contributed by atoms with Gasteiger partial charge in [0, 0.05) is 17.8 Å². The lowest BCUT2D eigenvalue weighted by molar-refractivity contribution is -0.115. The average molecular weight is 462 g/mol. The van der Waals surface area contributed by atoms with E-state index in [1.165, 1.54) is 0 Å². The molecule has 2 amide bonds. The summed E-state index contributed by atoms with van der Waals surface area (Å²) in [6.45, 7) is 2.30. The van der Waals surface area contributed by atoms with E-state index in [0.29, 0.717) is 33.5 Å². The van der Waals surface area contributed by atoms with Gasteiger partial charge in [0.05, 0.1) is 41.0 Å². The topological polar surface area (TPSA) is 109 Å². The number of nitrogens with one attached hydrogen (secondary N) is 2. The van der Waals surface area contributed by atoms with Gasteiger partial charge in [-0.2, -0.15) is 0 Å². The molecule has 10 heteroatoms. The third-order valence-corrected chi connectivity index (χ3v) is 5.27. The minimum atomic E-state index is -0.328. The van der Waals surface area contributed by atoms with Crippen molar-refractivity contribution in [3.8, 4) is 0 Å². The summed E-state index contributed by atoms with van der Waals surface area (Å²) in [5.74, 6) is -0.608. The smallest absolute Gasteiger partial charge is 0.251 e.